The van der Waals surface area contributed by atoms with Crippen LogP contribution in [0.15, 0.2) is 30.3 Å². The smallest absolute Gasteiger partial charge is 0.0208 e. The van der Waals surface area contributed by atoms with E-state index in [0.29, 0.717) is 0 Å². The lowest BCUT2D eigenvalue weighted by molar-refractivity contribution is 0.285. The maximum absolute atomic E-state index is 3.68. The topological polar surface area (TPSA) is 12.0 Å². The van der Waals surface area contributed by atoms with Crippen LogP contribution in [0, 0.1) is 5.92 Å². The Bertz CT molecular complexity index is 286. The standard InChI is InChI=1S/C15H23N/c1-2-13-8-10-15(11-9-13)16-12-14-6-4-3-5-7-14/h3-7,13,15-16H,2,8-12H2,1H3/t13-,15-. The molecule has 1 nitrogen and oxygen atoms in total. The van der Waals surface area contributed by atoms with Crippen LogP contribution >= 0.6 is 0 Å². The summed E-state index contributed by atoms with van der Waals surface area (Å²) in [6, 6.07) is 11.5. The SMILES string of the molecule is CC[C@H]1CC[C@H](NCc2ccccc2)CC1. The van der Waals surface area contributed by atoms with Gasteiger partial charge in [-0.15, -0.1) is 0 Å². The van der Waals surface area contributed by atoms with Crippen LogP contribution in [0.5, 0.6) is 0 Å². The Morgan fingerprint density at radius 2 is 1.75 bits per heavy atom. The highest BCUT2D eigenvalue weighted by Crippen LogP contribution is 2.26. The molecule has 16 heavy (non-hydrogen) atoms. The van der Waals surface area contributed by atoms with Gasteiger partial charge in [-0.3, -0.25) is 0 Å². The lowest BCUT2D eigenvalue weighted by Crippen LogP contribution is -2.32. The van der Waals surface area contributed by atoms with Crippen LogP contribution in [0.3, 0.4) is 0 Å². The highest BCUT2D eigenvalue weighted by Gasteiger charge is 2.18. The fourth-order valence-corrected chi connectivity index (χ4v) is 2.63. The summed E-state index contributed by atoms with van der Waals surface area (Å²) in [5.74, 6) is 0.995. The van der Waals surface area contributed by atoms with Crippen LogP contribution < -0.4 is 5.32 Å². The lowest BCUT2D eigenvalue weighted by Gasteiger charge is -2.28. The summed E-state index contributed by atoms with van der Waals surface area (Å²) in [4.78, 5) is 0. The van der Waals surface area contributed by atoms with Crippen molar-refractivity contribution >= 4 is 0 Å². The molecule has 0 unspecified atom stereocenters. The number of hydrogen-bond acceptors (Lipinski definition) is 1. The quantitative estimate of drug-likeness (QED) is 0.810. The Morgan fingerprint density at radius 1 is 1.06 bits per heavy atom. The zero-order valence-corrected chi connectivity index (χ0v) is 10.3. The minimum absolute atomic E-state index is 0.753. The highest BCUT2D eigenvalue weighted by molar-refractivity contribution is 5.14. The van der Waals surface area contributed by atoms with Crippen molar-refractivity contribution in [1.82, 2.24) is 5.32 Å². The summed E-state index contributed by atoms with van der Waals surface area (Å²) < 4.78 is 0. The number of benzene rings is 1. The Labute approximate surface area is 99.3 Å². The fourth-order valence-electron chi connectivity index (χ4n) is 2.63. The predicted molar refractivity (Wildman–Crippen MR) is 69.3 cm³/mol. The van der Waals surface area contributed by atoms with E-state index in [1.165, 1.54) is 37.7 Å². The summed E-state index contributed by atoms with van der Waals surface area (Å²) in [6.07, 6.45) is 6.94. The summed E-state index contributed by atoms with van der Waals surface area (Å²) in [6.45, 7) is 3.35. The van der Waals surface area contributed by atoms with Crippen molar-refractivity contribution in [3.05, 3.63) is 35.9 Å². The van der Waals surface area contributed by atoms with Gasteiger partial charge in [0.2, 0.25) is 0 Å². The van der Waals surface area contributed by atoms with Crippen molar-refractivity contribution in [2.45, 2.75) is 51.6 Å². The molecule has 1 aliphatic rings. The molecule has 0 aromatic heterocycles. The first-order valence-electron chi connectivity index (χ1n) is 6.65. The van der Waals surface area contributed by atoms with E-state index in [2.05, 4.69) is 42.6 Å². The molecule has 0 atom stereocenters. The van der Waals surface area contributed by atoms with Gasteiger partial charge >= 0.3 is 0 Å². The van der Waals surface area contributed by atoms with Crippen LogP contribution in [0.4, 0.5) is 0 Å². The molecule has 0 radical (unpaired) electrons. The third-order valence-corrected chi connectivity index (χ3v) is 3.86. The van der Waals surface area contributed by atoms with Crippen LogP contribution in [0.1, 0.15) is 44.6 Å². The average molecular weight is 217 g/mol. The van der Waals surface area contributed by atoms with E-state index in [1.807, 2.05) is 0 Å². The fraction of sp³-hybridized carbons (Fsp3) is 0.600. The van der Waals surface area contributed by atoms with Crippen molar-refractivity contribution < 1.29 is 0 Å². The first-order chi connectivity index (χ1) is 7.88. The monoisotopic (exact) mass is 217 g/mol. The molecule has 88 valence electrons. The van der Waals surface area contributed by atoms with Gasteiger partial charge in [-0.05, 0) is 37.2 Å². The van der Waals surface area contributed by atoms with Crippen molar-refractivity contribution in [2.24, 2.45) is 5.92 Å². The molecule has 0 aliphatic heterocycles. The van der Waals surface area contributed by atoms with Crippen molar-refractivity contribution in [1.29, 1.82) is 0 Å². The summed E-state index contributed by atoms with van der Waals surface area (Å²) in [5.41, 5.74) is 1.40. The molecule has 1 aromatic rings. The molecule has 0 saturated heterocycles. The molecule has 1 aromatic carbocycles. The van der Waals surface area contributed by atoms with Crippen LogP contribution in [0.2, 0.25) is 0 Å². The Balaban J connectivity index is 1.72. The molecule has 2 rings (SSSR count). The molecular weight excluding hydrogens is 194 g/mol. The molecular formula is C15H23N. The van der Waals surface area contributed by atoms with Gasteiger partial charge in [0.15, 0.2) is 0 Å². The molecule has 1 aliphatic carbocycles. The number of rotatable bonds is 4. The second kappa shape index (κ2) is 6.05. The summed E-state index contributed by atoms with van der Waals surface area (Å²) in [7, 11) is 0. The van der Waals surface area contributed by atoms with Gasteiger partial charge in [0, 0.05) is 12.6 Å². The summed E-state index contributed by atoms with van der Waals surface area (Å²) in [5, 5.41) is 3.68. The van der Waals surface area contributed by atoms with E-state index in [4.69, 9.17) is 0 Å². The highest BCUT2D eigenvalue weighted by atomic mass is 14.9. The van der Waals surface area contributed by atoms with E-state index < -0.39 is 0 Å². The molecule has 1 heteroatoms. The van der Waals surface area contributed by atoms with Crippen molar-refractivity contribution in [3.63, 3.8) is 0 Å². The maximum atomic E-state index is 3.68. The minimum atomic E-state index is 0.753. The van der Waals surface area contributed by atoms with E-state index in [-0.39, 0.29) is 0 Å². The van der Waals surface area contributed by atoms with Gasteiger partial charge in [0.05, 0.1) is 0 Å². The maximum Gasteiger partial charge on any atom is 0.0208 e. The zero-order chi connectivity index (χ0) is 11.2. The Hall–Kier alpha value is -0.820. The van der Waals surface area contributed by atoms with Gasteiger partial charge in [0.25, 0.3) is 0 Å². The normalized spacial score (nSPS) is 25.6. The van der Waals surface area contributed by atoms with Crippen LogP contribution in [-0.2, 0) is 6.54 Å². The molecule has 1 fully saturated rings. The first-order valence-corrected chi connectivity index (χ1v) is 6.65. The second-order valence-electron chi connectivity index (χ2n) is 4.99. The summed E-state index contributed by atoms with van der Waals surface area (Å²) >= 11 is 0. The van der Waals surface area contributed by atoms with Crippen LogP contribution in [0.25, 0.3) is 0 Å². The average Bonchev–Trinajstić information content (AvgIpc) is 2.38. The largest absolute Gasteiger partial charge is 0.310 e. The van der Waals surface area contributed by atoms with Crippen molar-refractivity contribution in [2.75, 3.05) is 0 Å². The minimum Gasteiger partial charge on any atom is -0.310 e. The number of nitrogens with one attached hydrogen (secondary N) is 1. The van der Waals surface area contributed by atoms with Gasteiger partial charge < -0.3 is 5.32 Å². The van der Waals surface area contributed by atoms with Gasteiger partial charge in [-0.2, -0.15) is 0 Å². The van der Waals surface area contributed by atoms with Crippen molar-refractivity contribution in [3.8, 4) is 0 Å². The first kappa shape index (κ1) is 11.7. The van der Waals surface area contributed by atoms with Gasteiger partial charge in [-0.1, -0.05) is 43.7 Å². The molecule has 0 amide bonds. The number of hydrogen-bond donors (Lipinski definition) is 1. The lowest BCUT2D eigenvalue weighted by atomic mass is 9.84. The van der Waals surface area contributed by atoms with Gasteiger partial charge in [-0.25, -0.2) is 0 Å². The Kier molecular flexibility index (Phi) is 4.41. The van der Waals surface area contributed by atoms with E-state index in [0.717, 1.165) is 18.5 Å². The predicted octanol–water partition coefficient (Wildman–Crippen LogP) is 3.75. The molecule has 0 spiro atoms. The molecule has 0 bridgehead atoms. The van der Waals surface area contributed by atoms with E-state index in [1.54, 1.807) is 0 Å². The van der Waals surface area contributed by atoms with Gasteiger partial charge in [0.1, 0.15) is 0 Å². The van der Waals surface area contributed by atoms with E-state index in [9.17, 15) is 0 Å². The molecule has 0 heterocycles. The van der Waals surface area contributed by atoms with E-state index >= 15 is 0 Å². The van der Waals surface area contributed by atoms with Crippen LogP contribution in [-0.4, -0.2) is 6.04 Å². The zero-order valence-electron chi connectivity index (χ0n) is 10.3. The molecule has 1 N–H and O–H groups in total. The third-order valence-electron chi connectivity index (χ3n) is 3.86. The third kappa shape index (κ3) is 3.34. The molecule has 1 saturated carbocycles. The Morgan fingerprint density at radius 3 is 2.38 bits per heavy atom. The second-order valence-corrected chi connectivity index (χ2v) is 4.99.